The van der Waals surface area contributed by atoms with E-state index in [0.717, 1.165) is 17.2 Å². The molecule has 0 spiro atoms. The van der Waals surface area contributed by atoms with Crippen molar-refractivity contribution in [1.29, 1.82) is 0 Å². The fraction of sp³-hybridized carbons (Fsp3) is 0.364. The SMILES string of the molecule is CCOc1ccc(N2C[C@H](NC(=O)c3ccc(OC(C)C)cc3)CC2=O)cc1. The van der Waals surface area contributed by atoms with Crippen LogP contribution in [0.4, 0.5) is 5.69 Å². The lowest BCUT2D eigenvalue weighted by Gasteiger charge is -2.18. The van der Waals surface area contributed by atoms with Crippen molar-refractivity contribution >= 4 is 17.5 Å². The Morgan fingerprint density at radius 1 is 1.11 bits per heavy atom. The third-order valence-corrected chi connectivity index (χ3v) is 4.41. The predicted molar refractivity (Wildman–Crippen MR) is 108 cm³/mol. The Morgan fingerprint density at radius 2 is 1.75 bits per heavy atom. The van der Waals surface area contributed by atoms with Gasteiger partial charge in [-0.05, 0) is 69.3 Å². The van der Waals surface area contributed by atoms with Gasteiger partial charge in [0.05, 0.1) is 18.8 Å². The minimum absolute atomic E-state index is 0.00450. The molecule has 0 aliphatic carbocycles. The molecule has 0 radical (unpaired) electrons. The van der Waals surface area contributed by atoms with E-state index < -0.39 is 0 Å². The van der Waals surface area contributed by atoms with Gasteiger partial charge in [0.25, 0.3) is 5.91 Å². The van der Waals surface area contributed by atoms with Crippen molar-refractivity contribution in [3.05, 3.63) is 54.1 Å². The summed E-state index contributed by atoms with van der Waals surface area (Å²) in [5.74, 6) is 1.30. The Balaban J connectivity index is 1.59. The molecule has 0 bridgehead atoms. The Bertz CT molecular complexity index is 815. The molecule has 6 heteroatoms. The summed E-state index contributed by atoms with van der Waals surface area (Å²) in [6.07, 6.45) is 0.366. The molecule has 6 nitrogen and oxygen atoms in total. The molecule has 1 saturated heterocycles. The topological polar surface area (TPSA) is 67.9 Å². The lowest BCUT2D eigenvalue weighted by molar-refractivity contribution is -0.117. The van der Waals surface area contributed by atoms with Crippen LogP contribution in [0.15, 0.2) is 48.5 Å². The minimum Gasteiger partial charge on any atom is -0.494 e. The fourth-order valence-electron chi connectivity index (χ4n) is 3.17. The number of amides is 2. The molecule has 0 unspecified atom stereocenters. The smallest absolute Gasteiger partial charge is 0.251 e. The predicted octanol–water partition coefficient (Wildman–Crippen LogP) is 3.41. The Kier molecular flexibility index (Phi) is 6.19. The number of nitrogens with one attached hydrogen (secondary N) is 1. The molecule has 148 valence electrons. The van der Waals surface area contributed by atoms with Crippen LogP contribution in [0.25, 0.3) is 0 Å². The molecule has 2 aromatic rings. The zero-order valence-electron chi connectivity index (χ0n) is 16.5. The minimum atomic E-state index is -0.224. The van der Waals surface area contributed by atoms with Gasteiger partial charge in [-0.15, -0.1) is 0 Å². The molecular weight excluding hydrogens is 356 g/mol. The van der Waals surface area contributed by atoms with Crippen molar-refractivity contribution in [3.8, 4) is 11.5 Å². The molecule has 2 aromatic carbocycles. The maximum absolute atomic E-state index is 12.5. The lowest BCUT2D eigenvalue weighted by atomic mass is 10.1. The first kappa shape index (κ1) is 19.7. The van der Waals surface area contributed by atoms with E-state index in [0.29, 0.717) is 18.7 Å². The van der Waals surface area contributed by atoms with Gasteiger partial charge in [0.1, 0.15) is 11.5 Å². The Labute approximate surface area is 165 Å². The summed E-state index contributed by atoms with van der Waals surface area (Å²) in [6.45, 7) is 6.88. The highest BCUT2D eigenvalue weighted by Gasteiger charge is 2.31. The molecule has 1 atom stereocenters. The Hall–Kier alpha value is -3.02. The number of carbonyl (C=O) groups excluding carboxylic acids is 2. The van der Waals surface area contributed by atoms with Crippen molar-refractivity contribution in [1.82, 2.24) is 5.32 Å². The van der Waals surface area contributed by atoms with Crippen LogP contribution >= 0.6 is 0 Å². The van der Waals surface area contributed by atoms with Crippen LogP contribution in [0.3, 0.4) is 0 Å². The highest BCUT2D eigenvalue weighted by atomic mass is 16.5. The van der Waals surface area contributed by atoms with E-state index >= 15 is 0 Å². The van der Waals surface area contributed by atoms with Crippen LogP contribution in [0.1, 0.15) is 37.6 Å². The van der Waals surface area contributed by atoms with Crippen LogP contribution < -0.4 is 19.7 Å². The summed E-state index contributed by atoms with van der Waals surface area (Å²) in [7, 11) is 0. The van der Waals surface area contributed by atoms with Crippen molar-refractivity contribution in [2.24, 2.45) is 0 Å². The monoisotopic (exact) mass is 382 g/mol. The van der Waals surface area contributed by atoms with E-state index in [1.807, 2.05) is 45.0 Å². The molecule has 1 heterocycles. The summed E-state index contributed by atoms with van der Waals surface area (Å²) in [5, 5.41) is 2.95. The maximum atomic E-state index is 12.5. The zero-order chi connectivity index (χ0) is 20.1. The van der Waals surface area contributed by atoms with Gasteiger partial charge in [0.15, 0.2) is 0 Å². The van der Waals surface area contributed by atoms with E-state index in [1.54, 1.807) is 29.2 Å². The Morgan fingerprint density at radius 3 is 2.36 bits per heavy atom. The van der Waals surface area contributed by atoms with Crippen LogP contribution in [0, 0.1) is 0 Å². The molecular formula is C22H26N2O4. The molecule has 1 N–H and O–H groups in total. The number of carbonyl (C=O) groups is 2. The molecule has 3 rings (SSSR count). The van der Waals surface area contributed by atoms with Gasteiger partial charge in [-0.25, -0.2) is 0 Å². The van der Waals surface area contributed by atoms with Crippen molar-refractivity contribution in [2.45, 2.75) is 39.3 Å². The first-order valence-corrected chi connectivity index (χ1v) is 9.57. The summed E-state index contributed by atoms with van der Waals surface area (Å²) >= 11 is 0. The summed E-state index contributed by atoms with van der Waals surface area (Å²) < 4.78 is 11.0. The zero-order valence-corrected chi connectivity index (χ0v) is 16.5. The van der Waals surface area contributed by atoms with E-state index in [1.165, 1.54) is 0 Å². The molecule has 0 aromatic heterocycles. The van der Waals surface area contributed by atoms with Crippen LogP contribution in [0.2, 0.25) is 0 Å². The van der Waals surface area contributed by atoms with Gasteiger partial charge in [-0.1, -0.05) is 0 Å². The fourth-order valence-corrected chi connectivity index (χ4v) is 3.17. The number of nitrogens with zero attached hydrogens (tertiary/aromatic N) is 1. The van der Waals surface area contributed by atoms with Crippen molar-refractivity contribution < 1.29 is 19.1 Å². The number of hydrogen-bond acceptors (Lipinski definition) is 4. The van der Waals surface area contributed by atoms with Gasteiger partial charge in [0, 0.05) is 24.2 Å². The largest absolute Gasteiger partial charge is 0.494 e. The summed E-state index contributed by atoms with van der Waals surface area (Å²) in [4.78, 5) is 26.6. The van der Waals surface area contributed by atoms with Gasteiger partial charge < -0.3 is 19.7 Å². The van der Waals surface area contributed by atoms with Gasteiger partial charge in [0.2, 0.25) is 5.91 Å². The number of anilines is 1. The highest BCUT2D eigenvalue weighted by Crippen LogP contribution is 2.24. The van der Waals surface area contributed by atoms with E-state index in [9.17, 15) is 9.59 Å². The summed E-state index contributed by atoms with van der Waals surface area (Å²) in [6, 6.07) is 14.2. The quantitative estimate of drug-likeness (QED) is 0.797. The number of rotatable bonds is 7. The standard InChI is InChI=1S/C22H26N2O4/c1-4-27-19-11-7-18(8-12-19)24-14-17(13-21(24)25)23-22(26)16-5-9-20(10-6-16)28-15(2)3/h5-12,15,17H,4,13-14H2,1-3H3,(H,23,26)/t17-/m1/s1. The van der Waals surface area contributed by atoms with Crippen LogP contribution in [0.5, 0.6) is 11.5 Å². The van der Waals surface area contributed by atoms with E-state index in [4.69, 9.17) is 9.47 Å². The van der Waals surface area contributed by atoms with Crippen LogP contribution in [-0.4, -0.2) is 37.1 Å². The second kappa shape index (κ2) is 8.78. The van der Waals surface area contributed by atoms with E-state index in [2.05, 4.69) is 5.32 Å². The molecule has 28 heavy (non-hydrogen) atoms. The molecule has 1 aliphatic heterocycles. The maximum Gasteiger partial charge on any atom is 0.251 e. The van der Waals surface area contributed by atoms with Gasteiger partial charge >= 0.3 is 0 Å². The molecule has 1 aliphatic rings. The number of hydrogen-bond donors (Lipinski definition) is 1. The average molecular weight is 382 g/mol. The third kappa shape index (κ3) is 4.82. The van der Waals surface area contributed by atoms with Gasteiger partial charge in [-0.3, -0.25) is 9.59 Å². The normalized spacial score (nSPS) is 16.4. The van der Waals surface area contributed by atoms with Crippen molar-refractivity contribution in [2.75, 3.05) is 18.1 Å². The molecule has 0 saturated carbocycles. The first-order chi connectivity index (χ1) is 13.5. The second-order valence-electron chi connectivity index (χ2n) is 7.00. The summed E-state index contributed by atoms with van der Waals surface area (Å²) in [5.41, 5.74) is 1.35. The second-order valence-corrected chi connectivity index (χ2v) is 7.00. The number of benzene rings is 2. The first-order valence-electron chi connectivity index (χ1n) is 9.57. The lowest BCUT2D eigenvalue weighted by Crippen LogP contribution is -2.37. The van der Waals surface area contributed by atoms with E-state index in [-0.39, 0.29) is 30.4 Å². The molecule has 1 fully saturated rings. The average Bonchev–Trinajstić information content (AvgIpc) is 3.03. The molecule has 2 amide bonds. The van der Waals surface area contributed by atoms with Crippen LogP contribution in [-0.2, 0) is 4.79 Å². The third-order valence-electron chi connectivity index (χ3n) is 4.41. The number of ether oxygens (including phenoxy) is 2. The highest BCUT2D eigenvalue weighted by molar-refractivity contribution is 5.99. The van der Waals surface area contributed by atoms with Gasteiger partial charge in [-0.2, -0.15) is 0 Å². The van der Waals surface area contributed by atoms with Crippen molar-refractivity contribution in [3.63, 3.8) is 0 Å².